The third-order valence-corrected chi connectivity index (χ3v) is 2.99. The van der Waals surface area contributed by atoms with E-state index >= 15 is 0 Å². The van der Waals surface area contributed by atoms with Gasteiger partial charge in [-0.2, -0.15) is 36.4 Å². The van der Waals surface area contributed by atoms with E-state index in [2.05, 4.69) is 0 Å². The van der Waals surface area contributed by atoms with Crippen molar-refractivity contribution >= 4 is 0 Å². The molecule has 0 aliphatic carbocycles. The van der Waals surface area contributed by atoms with Crippen LogP contribution in [0.25, 0.3) is 0 Å². The minimum absolute atomic E-state index is 0. The molecule has 0 heterocycles. The molecule has 0 atom stereocenters. The summed E-state index contributed by atoms with van der Waals surface area (Å²) in [4.78, 5) is 0. The Labute approximate surface area is 185 Å². The number of para-hydroxylation sites is 2. The monoisotopic (exact) mass is 480 g/mol. The largest absolute Gasteiger partial charge is 2.00 e. The molecule has 0 radical (unpaired) electrons. The standard InChI is InChI=1S/2C6H4F2O.2C5H5.Zr/c2*7-4-2-1-3-5(8)6(4)9;2*1-2-4-5-3-1;/h2*1-3,9H;2*1-5H;/q;;2*-1;+2. The van der Waals surface area contributed by atoms with Crippen LogP contribution in [0.15, 0.2) is 97.1 Å². The van der Waals surface area contributed by atoms with Crippen LogP contribution in [-0.4, -0.2) is 10.2 Å². The van der Waals surface area contributed by atoms with Crippen molar-refractivity contribution in [2.24, 2.45) is 0 Å². The Hall–Kier alpha value is -2.66. The number of hydrogen-bond donors (Lipinski definition) is 2. The first-order valence-electron chi connectivity index (χ1n) is 8.02. The predicted octanol–water partition coefficient (Wildman–Crippen LogP) is 6.15. The molecule has 29 heavy (non-hydrogen) atoms. The molecule has 0 fully saturated rings. The molecule has 0 saturated heterocycles. The molecule has 0 aliphatic rings. The Kier molecular flexibility index (Phi) is 13.9. The summed E-state index contributed by atoms with van der Waals surface area (Å²) in [6.45, 7) is 0. The Morgan fingerprint density at radius 2 is 0.724 bits per heavy atom. The topological polar surface area (TPSA) is 40.5 Å². The summed E-state index contributed by atoms with van der Waals surface area (Å²) in [5, 5.41) is 16.9. The van der Waals surface area contributed by atoms with Gasteiger partial charge in [-0.15, -0.1) is 0 Å². The van der Waals surface area contributed by atoms with Crippen LogP contribution in [0.1, 0.15) is 0 Å². The van der Waals surface area contributed by atoms with Crippen LogP contribution in [0.4, 0.5) is 17.6 Å². The van der Waals surface area contributed by atoms with Crippen molar-refractivity contribution < 1.29 is 54.0 Å². The summed E-state index contributed by atoms with van der Waals surface area (Å²) in [7, 11) is 0. The van der Waals surface area contributed by atoms with Gasteiger partial charge in [0.25, 0.3) is 0 Å². The van der Waals surface area contributed by atoms with E-state index in [9.17, 15) is 17.6 Å². The quantitative estimate of drug-likeness (QED) is 0.234. The van der Waals surface area contributed by atoms with Crippen LogP contribution in [0, 0.1) is 23.3 Å². The molecule has 150 valence electrons. The van der Waals surface area contributed by atoms with Gasteiger partial charge in [0.2, 0.25) is 0 Å². The normalized spacial score (nSPS) is 8.69. The average Bonchev–Trinajstić information content (AvgIpc) is 3.43. The van der Waals surface area contributed by atoms with E-state index in [4.69, 9.17) is 10.2 Å². The maximum Gasteiger partial charge on any atom is 2.00 e. The third-order valence-electron chi connectivity index (χ3n) is 2.99. The second kappa shape index (κ2) is 15.3. The molecule has 4 aromatic carbocycles. The Morgan fingerprint density at radius 1 is 0.483 bits per heavy atom. The van der Waals surface area contributed by atoms with Gasteiger partial charge < -0.3 is 10.2 Å². The predicted molar refractivity (Wildman–Crippen MR) is 100 cm³/mol. The second-order valence-electron chi connectivity index (χ2n) is 5.07. The molecular formula is C22H18F4O2Zr. The summed E-state index contributed by atoms with van der Waals surface area (Å²) < 4.78 is 48.4. The van der Waals surface area contributed by atoms with Gasteiger partial charge in [-0.3, -0.25) is 0 Å². The molecule has 0 saturated carbocycles. The van der Waals surface area contributed by atoms with Gasteiger partial charge in [0.1, 0.15) is 0 Å². The molecule has 2 N–H and O–H groups in total. The SMILES string of the molecule is Oc1c(F)cccc1F.Oc1c(F)cccc1F.[Zr+2].c1cc[cH-]c1.c1cc[cH-]c1. The number of halogens is 4. The third kappa shape index (κ3) is 11.1. The van der Waals surface area contributed by atoms with Gasteiger partial charge in [-0.25, -0.2) is 41.8 Å². The Morgan fingerprint density at radius 3 is 0.862 bits per heavy atom. The first kappa shape index (κ1) is 26.3. The minimum atomic E-state index is -0.935. The van der Waals surface area contributed by atoms with Crippen molar-refractivity contribution in [2.75, 3.05) is 0 Å². The van der Waals surface area contributed by atoms with E-state index in [0.717, 1.165) is 24.3 Å². The first-order chi connectivity index (χ1) is 13.4. The number of benzene rings is 2. The molecule has 0 spiro atoms. The molecule has 0 aromatic heterocycles. The zero-order valence-electron chi connectivity index (χ0n) is 15.1. The number of hydrogen-bond acceptors (Lipinski definition) is 2. The van der Waals surface area contributed by atoms with Crippen LogP contribution in [0.5, 0.6) is 11.5 Å². The van der Waals surface area contributed by atoms with E-state index in [-0.39, 0.29) is 26.2 Å². The molecular weight excluding hydrogens is 463 g/mol. The molecule has 4 aromatic rings. The Bertz CT molecular complexity index is 745. The van der Waals surface area contributed by atoms with Crippen molar-refractivity contribution in [3.63, 3.8) is 0 Å². The van der Waals surface area contributed by atoms with Gasteiger partial charge in [0, 0.05) is 0 Å². The van der Waals surface area contributed by atoms with Crippen LogP contribution in [0.3, 0.4) is 0 Å². The number of phenols is 2. The summed E-state index contributed by atoms with van der Waals surface area (Å²) in [5.74, 6) is -5.58. The van der Waals surface area contributed by atoms with Crippen molar-refractivity contribution in [1.82, 2.24) is 0 Å². The summed E-state index contributed by atoms with van der Waals surface area (Å²) >= 11 is 0. The van der Waals surface area contributed by atoms with Gasteiger partial charge in [-0.1, -0.05) is 12.1 Å². The second-order valence-corrected chi connectivity index (χ2v) is 5.07. The zero-order chi connectivity index (χ0) is 20.8. The fourth-order valence-corrected chi connectivity index (χ4v) is 1.62. The molecule has 0 unspecified atom stereocenters. The summed E-state index contributed by atoms with van der Waals surface area (Å²) in [6.07, 6.45) is 0. The average molecular weight is 482 g/mol. The van der Waals surface area contributed by atoms with E-state index in [0.29, 0.717) is 0 Å². The molecule has 2 nitrogen and oxygen atoms in total. The summed E-state index contributed by atoms with van der Waals surface area (Å²) in [6, 6.07) is 26.3. The molecule has 7 heteroatoms. The smallest absolute Gasteiger partial charge is 0.503 e. The van der Waals surface area contributed by atoms with E-state index in [1.807, 2.05) is 60.7 Å². The van der Waals surface area contributed by atoms with Crippen molar-refractivity contribution in [3.05, 3.63) is 120 Å². The summed E-state index contributed by atoms with van der Waals surface area (Å²) in [5.41, 5.74) is 0. The fourth-order valence-electron chi connectivity index (χ4n) is 1.62. The Balaban J connectivity index is 0.000000369. The van der Waals surface area contributed by atoms with Crippen molar-refractivity contribution in [1.29, 1.82) is 0 Å². The zero-order valence-corrected chi connectivity index (χ0v) is 17.6. The van der Waals surface area contributed by atoms with Gasteiger partial charge >= 0.3 is 26.2 Å². The van der Waals surface area contributed by atoms with Gasteiger partial charge in [-0.05, 0) is 24.3 Å². The van der Waals surface area contributed by atoms with Gasteiger partial charge in [0.15, 0.2) is 34.8 Å². The molecule has 0 bridgehead atoms. The first-order valence-corrected chi connectivity index (χ1v) is 8.02. The van der Waals surface area contributed by atoms with Gasteiger partial charge in [0.05, 0.1) is 0 Å². The molecule has 0 amide bonds. The van der Waals surface area contributed by atoms with Crippen LogP contribution in [0.2, 0.25) is 0 Å². The van der Waals surface area contributed by atoms with E-state index in [1.165, 1.54) is 12.1 Å². The minimum Gasteiger partial charge on any atom is -0.503 e. The molecule has 0 aliphatic heterocycles. The number of aromatic hydroxyl groups is 2. The fraction of sp³-hybridized carbons (Fsp3) is 0. The van der Waals surface area contributed by atoms with Crippen molar-refractivity contribution in [3.8, 4) is 11.5 Å². The maximum atomic E-state index is 12.1. The number of phenolic OH excluding ortho intramolecular Hbond substituents is 2. The van der Waals surface area contributed by atoms with Crippen LogP contribution >= 0.6 is 0 Å². The number of rotatable bonds is 0. The van der Waals surface area contributed by atoms with E-state index in [1.54, 1.807) is 0 Å². The van der Waals surface area contributed by atoms with Crippen molar-refractivity contribution in [2.45, 2.75) is 0 Å². The molecule has 4 rings (SSSR count). The maximum absolute atomic E-state index is 12.1. The van der Waals surface area contributed by atoms with Crippen LogP contribution < -0.4 is 0 Å². The van der Waals surface area contributed by atoms with E-state index < -0.39 is 34.8 Å². The van der Waals surface area contributed by atoms with Crippen LogP contribution in [-0.2, 0) is 26.2 Å².